The van der Waals surface area contributed by atoms with Crippen LogP contribution in [0, 0.1) is 6.92 Å². The lowest BCUT2D eigenvalue weighted by Gasteiger charge is -2.07. The molecule has 17 heavy (non-hydrogen) atoms. The summed E-state index contributed by atoms with van der Waals surface area (Å²) in [6.07, 6.45) is 6.93. The normalized spacial score (nSPS) is 13.7. The highest BCUT2D eigenvalue weighted by Crippen LogP contribution is 2.25. The van der Waals surface area contributed by atoms with Crippen LogP contribution in [0.1, 0.15) is 27.6 Å². The smallest absolute Gasteiger partial charge is 0.133 e. The lowest BCUT2D eigenvalue weighted by Crippen LogP contribution is -2.05. The van der Waals surface area contributed by atoms with Gasteiger partial charge in [-0.25, -0.2) is 15.0 Å². The van der Waals surface area contributed by atoms with E-state index in [2.05, 4.69) is 27.2 Å². The van der Waals surface area contributed by atoms with Crippen molar-refractivity contribution in [2.24, 2.45) is 0 Å². The fourth-order valence-corrected chi connectivity index (χ4v) is 2.88. The number of hydrogen-bond acceptors (Lipinski definition) is 5. The zero-order chi connectivity index (χ0) is 11.7. The Morgan fingerprint density at radius 3 is 3.06 bits per heavy atom. The van der Waals surface area contributed by atoms with Crippen molar-refractivity contribution < 1.29 is 0 Å². The molecule has 0 spiro atoms. The highest BCUT2D eigenvalue weighted by molar-refractivity contribution is 7.11. The number of nitrogens with one attached hydrogen (secondary N) is 1. The lowest BCUT2D eigenvalue weighted by molar-refractivity contribution is 0.899. The largest absolute Gasteiger partial charge is 0.363 e. The van der Waals surface area contributed by atoms with Crippen molar-refractivity contribution in [2.45, 2.75) is 32.7 Å². The second-order valence-electron chi connectivity index (χ2n) is 4.22. The fourth-order valence-electron chi connectivity index (χ4n) is 2.15. The summed E-state index contributed by atoms with van der Waals surface area (Å²) in [4.78, 5) is 14.2. The molecule has 0 unspecified atom stereocenters. The predicted molar refractivity (Wildman–Crippen MR) is 68.2 cm³/mol. The average molecular weight is 246 g/mol. The third-order valence-electron chi connectivity index (χ3n) is 2.95. The van der Waals surface area contributed by atoms with Crippen LogP contribution in [0.15, 0.2) is 12.5 Å². The Morgan fingerprint density at radius 1 is 1.29 bits per heavy atom. The Hall–Kier alpha value is -1.49. The molecular formula is C12H14N4S. The molecule has 1 N–H and O–H groups in total. The third kappa shape index (κ3) is 2.15. The number of aryl methyl sites for hydroxylation is 2. The minimum Gasteiger partial charge on any atom is -0.363 e. The van der Waals surface area contributed by atoms with Gasteiger partial charge in [0.15, 0.2) is 0 Å². The number of aromatic nitrogens is 3. The Morgan fingerprint density at radius 2 is 2.24 bits per heavy atom. The van der Waals surface area contributed by atoms with Gasteiger partial charge in [0.1, 0.15) is 17.2 Å². The van der Waals surface area contributed by atoms with Gasteiger partial charge in [0.2, 0.25) is 0 Å². The van der Waals surface area contributed by atoms with E-state index in [1.165, 1.54) is 22.6 Å². The van der Waals surface area contributed by atoms with Gasteiger partial charge in [0, 0.05) is 22.3 Å². The Bertz CT molecular complexity index is 535. The first-order chi connectivity index (χ1) is 8.33. The first-order valence-electron chi connectivity index (χ1n) is 5.81. The van der Waals surface area contributed by atoms with Gasteiger partial charge in [-0.3, -0.25) is 0 Å². The third-order valence-corrected chi connectivity index (χ3v) is 3.86. The van der Waals surface area contributed by atoms with Crippen LogP contribution >= 0.6 is 11.3 Å². The van der Waals surface area contributed by atoms with Crippen molar-refractivity contribution in [3.05, 3.63) is 33.7 Å². The topological polar surface area (TPSA) is 50.7 Å². The zero-order valence-corrected chi connectivity index (χ0v) is 10.5. The van der Waals surface area contributed by atoms with Crippen LogP contribution in [0.2, 0.25) is 0 Å². The maximum Gasteiger partial charge on any atom is 0.133 e. The maximum absolute atomic E-state index is 4.34. The summed E-state index contributed by atoms with van der Waals surface area (Å²) in [6.45, 7) is 2.82. The molecule has 0 saturated carbocycles. The fraction of sp³-hybridized carbons (Fsp3) is 0.417. The minimum atomic E-state index is 0.752. The summed E-state index contributed by atoms with van der Waals surface area (Å²) in [5.74, 6) is 0.986. The molecule has 0 fully saturated rings. The van der Waals surface area contributed by atoms with E-state index in [1.807, 2.05) is 6.20 Å². The molecule has 0 amide bonds. The second kappa shape index (κ2) is 4.41. The molecule has 0 bridgehead atoms. The number of thiazole rings is 1. The van der Waals surface area contributed by atoms with Gasteiger partial charge in [-0.15, -0.1) is 11.3 Å². The van der Waals surface area contributed by atoms with Crippen LogP contribution in [-0.4, -0.2) is 15.0 Å². The molecule has 0 atom stereocenters. The van der Waals surface area contributed by atoms with Crippen molar-refractivity contribution in [3.8, 4) is 0 Å². The van der Waals surface area contributed by atoms with Gasteiger partial charge in [-0.2, -0.15) is 0 Å². The van der Waals surface area contributed by atoms with Crippen molar-refractivity contribution in [1.29, 1.82) is 0 Å². The van der Waals surface area contributed by atoms with Crippen LogP contribution in [-0.2, 0) is 19.4 Å². The Labute approximate surface area is 104 Å². The zero-order valence-electron chi connectivity index (χ0n) is 9.73. The van der Waals surface area contributed by atoms with E-state index in [0.29, 0.717) is 0 Å². The average Bonchev–Trinajstić information content (AvgIpc) is 2.94. The minimum absolute atomic E-state index is 0.752. The summed E-state index contributed by atoms with van der Waals surface area (Å²) < 4.78 is 0. The van der Waals surface area contributed by atoms with Crippen molar-refractivity contribution in [1.82, 2.24) is 15.0 Å². The molecule has 0 saturated heterocycles. The van der Waals surface area contributed by atoms with Crippen LogP contribution < -0.4 is 5.32 Å². The molecule has 2 heterocycles. The van der Waals surface area contributed by atoms with Crippen molar-refractivity contribution >= 4 is 17.2 Å². The predicted octanol–water partition coefficient (Wildman–Crippen LogP) is 2.34. The van der Waals surface area contributed by atoms with Crippen LogP contribution in [0.3, 0.4) is 0 Å². The molecule has 3 rings (SSSR count). The van der Waals surface area contributed by atoms with E-state index in [-0.39, 0.29) is 0 Å². The van der Waals surface area contributed by atoms with Crippen molar-refractivity contribution in [3.63, 3.8) is 0 Å². The van der Waals surface area contributed by atoms with E-state index < -0.39 is 0 Å². The van der Waals surface area contributed by atoms with Gasteiger partial charge < -0.3 is 5.32 Å². The highest BCUT2D eigenvalue weighted by atomic mass is 32.1. The molecule has 0 aromatic carbocycles. The molecule has 1 aliphatic rings. The summed E-state index contributed by atoms with van der Waals surface area (Å²) >= 11 is 1.72. The first-order valence-corrected chi connectivity index (χ1v) is 6.62. The number of hydrogen-bond donors (Lipinski definition) is 1. The molecule has 2 aromatic heterocycles. The molecule has 0 aliphatic heterocycles. The second-order valence-corrected chi connectivity index (χ2v) is 5.54. The molecule has 5 heteroatoms. The number of nitrogens with zero attached hydrogens (tertiary/aromatic N) is 3. The highest BCUT2D eigenvalue weighted by Gasteiger charge is 2.16. The van der Waals surface area contributed by atoms with E-state index in [4.69, 9.17) is 0 Å². The van der Waals surface area contributed by atoms with Crippen LogP contribution in [0.4, 0.5) is 5.82 Å². The Balaban J connectivity index is 1.75. The first kappa shape index (κ1) is 10.7. The van der Waals surface area contributed by atoms with Crippen LogP contribution in [0.25, 0.3) is 0 Å². The van der Waals surface area contributed by atoms with Gasteiger partial charge in [0.05, 0.1) is 6.54 Å². The quantitative estimate of drug-likeness (QED) is 0.903. The Kier molecular flexibility index (Phi) is 2.76. The van der Waals surface area contributed by atoms with Crippen LogP contribution in [0.5, 0.6) is 0 Å². The van der Waals surface area contributed by atoms with Gasteiger partial charge in [-0.05, 0) is 26.2 Å². The van der Waals surface area contributed by atoms with E-state index >= 15 is 0 Å². The summed E-state index contributed by atoms with van der Waals surface area (Å²) in [7, 11) is 0. The van der Waals surface area contributed by atoms with Gasteiger partial charge in [0.25, 0.3) is 0 Å². The molecular weight excluding hydrogens is 232 g/mol. The molecule has 88 valence electrons. The van der Waals surface area contributed by atoms with E-state index in [0.717, 1.165) is 30.2 Å². The monoisotopic (exact) mass is 246 g/mol. The molecule has 1 aliphatic carbocycles. The van der Waals surface area contributed by atoms with E-state index in [9.17, 15) is 0 Å². The lowest BCUT2D eigenvalue weighted by atomic mass is 10.2. The van der Waals surface area contributed by atoms with Gasteiger partial charge >= 0.3 is 0 Å². The van der Waals surface area contributed by atoms with Gasteiger partial charge in [-0.1, -0.05) is 0 Å². The molecule has 0 radical (unpaired) electrons. The summed E-state index contributed by atoms with van der Waals surface area (Å²) in [5, 5.41) is 4.48. The molecule has 4 nitrogen and oxygen atoms in total. The van der Waals surface area contributed by atoms with E-state index in [1.54, 1.807) is 17.7 Å². The van der Waals surface area contributed by atoms with Crippen molar-refractivity contribution in [2.75, 3.05) is 5.32 Å². The maximum atomic E-state index is 4.34. The number of fused-ring (bicyclic) bond motifs is 1. The summed E-state index contributed by atoms with van der Waals surface area (Å²) in [5.41, 5.74) is 2.50. The SMILES string of the molecule is Cc1cnc(CNc2ncnc3c2CCC3)s1. The number of anilines is 1. The standard InChI is InChI=1S/C12H14N4S/c1-8-5-13-11(17-8)6-14-12-9-3-2-4-10(9)15-7-16-12/h5,7H,2-4,6H2,1H3,(H,14,15,16). The number of rotatable bonds is 3. The summed E-state index contributed by atoms with van der Waals surface area (Å²) in [6, 6.07) is 0. The molecule has 2 aromatic rings.